The number of carboxylic acids is 1. The van der Waals surface area contributed by atoms with Gasteiger partial charge in [-0.05, 0) is 49.3 Å². The van der Waals surface area contributed by atoms with Gasteiger partial charge in [-0.2, -0.15) is 0 Å². The number of halogens is 2. The third-order valence-corrected chi connectivity index (χ3v) is 3.67. The van der Waals surface area contributed by atoms with E-state index in [0.29, 0.717) is 5.92 Å². The van der Waals surface area contributed by atoms with Crippen molar-refractivity contribution in [2.45, 2.75) is 31.6 Å². The maximum atomic E-state index is 10.8. The highest BCUT2D eigenvalue weighted by Crippen LogP contribution is 2.36. The Hall–Kier alpha value is -0.730. The molecule has 1 N–H and O–H groups in total. The Bertz CT molecular complexity index is 368. The van der Waals surface area contributed by atoms with Crippen LogP contribution in [0.1, 0.15) is 37.2 Å². The molecule has 1 aliphatic carbocycles. The van der Waals surface area contributed by atoms with E-state index in [1.54, 1.807) is 0 Å². The summed E-state index contributed by atoms with van der Waals surface area (Å²) in [4.78, 5) is 10.8. The number of rotatable bonds is 2. The number of hydrogen-bond acceptors (Lipinski definition) is 1. The smallest absolute Gasteiger partial charge is 0.306 e. The maximum absolute atomic E-state index is 10.8. The van der Waals surface area contributed by atoms with Crippen LogP contribution in [0.2, 0.25) is 5.02 Å². The first kappa shape index (κ1) is 14.3. The van der Waals surface area contributed by atoms with Gasteiger partial charge in [-0.1, -0.05) is 23.7 Å². The van der Waals surface area contributed by atoms with Crippen molar-refractivity contribution in [3.8, 4) is 0 Å². The van der Waals surface area contributed by atoms with E-state index in [9.17, 15) is 4.79 Å². The van der Waals surface area contributed by atoms with Crippen molar-refractivity contribution in [1.29, 1.82) is 0 Å². The fourth-order valence-electron chi connectivity index (χ4n) is 2.41. The molecule has 0 radical (unpaired) electrons. The molecular formula is C13H16Cl2O2. The largest absolute Gasteiger partial charge is 0.481 e. The molecule has 0 aromatic heterocycles. The van der Waals surface area contributed by atoms with Crippen LogP contribution < -0.4 is 0 Å². The zero-order valence-corrected chi connectivity index (χ0v) is 11.0. The van der Waals surface area contributed by atoms with E-state index >= 15 is 0 Å². The molecule has 1 saturated carbocycles. The Morgan fingerprint density at radius 1 is 1.12 bits per heavy atom. The third-order valence-electron chi connectivity index (χ3n) is 3.42. The summed E-state index contributed by atoms with van der Waals surface area (Å²) in [5, 5.41) is 9.67. The summed E-state index contributed by atoms with van der Waals surface area (Å²) in [6.45, 7) is 0. The van der Waals surface area contributed by atoms with E-state index in [-0.39, 0.29) is 18.3 Å². The maximum Gasteiger partial charge on any atom is 0.306 e. The van der Waals surface area contributed by atoms with Crippen LogP contribution in [-0.4, -0.2) is 11.1 Å². The van der Waals surface area contributed by atoms with Gasteiger partial charge in [0.25, 0.3) is 0 Å². The predicted molar refractivity (Wildman–Crippen MR) is 71.0 cm³/mol. The molecule has 1 aromatic rings. The van der Waals surface area contributed by atoms with Crippen LogP contribution in [0.5, 0.6) is 0 Å². The molecule has 0 spiro atoms. The van der Waals surface area contributed by atoms with Gasteiger partial charge in [0.05, 0.1) is 5.92 Å². The van der Waals surface area contributed by atoms with Gasteiger partial charge in [0, 0.05) is 5.02 Å². The lowest BCUT2D eigenvalue weighted by Crippen LogP contribution is -2.20. The minimum absolute atomic E-state index is 0. The summed E-state index contributed by atoms with van der Waals surface area (Å²) in [7, 11) is 0. The molecule has 0 amide bonds. The average Bonchev–Trinajstić information content (AvgIpc) is 2.30. The van der Waals surface area contributed by atoms with E-state index in [4.69, 9.17) is 16.7 Å². The molecule has 2 nitrogen and oxygen atoms in total. The van der Waals surface area contributed by atoms with Crippen molar-refractivity contribution in [3.05, 3.63) is 34.9 Å². The van der Waals surface area contributed by atoms with Gasteiger partial charge < -0.3 is 5.11 Å². The lowest BCUT2D eigenvalue weighted by atomic mass is 9.79. The number of carboxylic acid groups (broad SMARTS) is 1. The SMILES string of the molecule is Cl.O=C(O)[C@H]1CC[C@H](c2ccc(Cl)cc2)CC1. The Labute approximate surface area is 112 Å². The molecule has 0 atom stereocenters. The van der Waals surface area contributed by atoms with E-state index in [1.807, 2.05) is 24.3 Å². The molecule has 1 aromatic carbocycles. The summed E-state index contributed by atoms with van der Waals surface area (Å²) in [6.07, 6.45) is 3.53. The third kappa shape index (κ3) is 3.62. The minimum Gasteiger partial charge on any atom is -0.481 e. The van der Waals surface area contributed by atoms with Gasteiger partial charge in [0.15, 0.2) is 0 Å². The van der Waals surface area contributed by atoms with Gasteiger partial charge in [0.2, 0.25) is 0 Å². The molecule has 1 aliphatic rings. The topological polar surface area (TPSA) is 37.3 Å². The van der Waals surface area contributed by atoms with Gasteiger partial charge in [-0.25, -0.2) is 0 Å². The highest BCUT2D eigenvalue weighted by atomic mass is 35.5. The molecule has 4 heteroatoms. The Morgan fingerprint density at radius 2 is 1.65 bits per heavy atom. The summed E-state index contributed by atoms with van der Waals surface area (Å²) in [5.74, 6) is -0.272. The van der Waals surface area contributed by atoms with Crippen molar-refractivity contribution in [2.75, 3.05) is 0 Å². The first-order valence-electron chi connectivity index (χ1n) is 5.65. The predicted octanol–water partition coefficient (Wildman–Crippen LogP) is 4.12. The van der Waals surface area contributed by atoms with E-state index in [1.165, 1.54) is 5.56 Å². The van der Waals surface area contributed by atoms with Crippen LogP contribution in [0.25, 0.3) is 0 Å². The van der Waals surface area contributed by atoms with Crippen LogP contribution >= 0.6 is 24.0 Å². The van der Waals surface area contributed by atoms with E-state index < -0.39 is 5.97 Å². The van der Waals surface area contributed by atoms with Crippen molar-refractivity contribution < 1.29 is 9.90 Å². The van der Waals surface area contributed by atoms with Crippen molar-refractivity contribution >= 4 is 30.0 Å². The lowest BCUT2D eigenvalue weighted by Gasteiger charge is -2.26. The van der Waals surface area contributed by atoms with Gasteiger partial charge in [-0.3, -0.25) is 4.79 Å². The normalized spacial score (nSPS) is 23.8. The summed E-state index contributed by atoms with van der Waals surface area (Å²) < 4.78 is 0. The lowest BCUT2D eigenvalue weighted by molar-refractivity contribution is -0.142. The van der Waals surface area contributed by atoms with Crippen LogP contribution in [-0.2, 0) is 4.79 Å². The molecule has 2 rings (SSSR count). The average molecular weight is 275 g/mol. The zero-order valence-electron chi connectivity index (χ0n) is 9.43. The highest BCUT2D eigenvalue weighted by Gasteiger charge is 2.26. The Morgan fingerprint density at radius 3 is 2.12 bits per heavy atom. The first-order chi connectivity index (χ1) is 7.66. The van der Waals surface area contributed by atoms with Crippen LogP contribution in [0.4, 0.5) is 0 Å². The standard InChI is InChI=1S/C13H15ClO2.ClH/c14-12-7-5-10(6-8-12)9-1-3-11(4-2-9)13(15)16;/h5-9,11H,1-4H2,(H,15,16);1H/t9-,11-;. The van der Waals surface area contributed by atoms with Gasteiger partial charge >= 0.3 is 5.97 Å². The fourth-order valence-corrected chi connectivity index (χ4v) is 2.53. The quantitative estimate of drug-likeness (QED) is 0.881. The second-order valence-electron chi connectivity index (χ2n) is 4.44. The molecule has 0 bridgehead atoms. The first-order valence-corrected chi connectivity index (χ1v) is 6.03. The summed E-state index contributed by atoms with van der Waals surface area (Å²) >= 11 is 5.84. The van der Waals surface area contributed by atoms with Crippen molar-refractivity contribution in [1.82, 2.24) is 0 Å². The molecule has 0 unspecified atom stereocenters. The molecule has 0 aliphatic heterocycles. The molecule has 17 heavy (non-hydrogen) atoms. The monoisotopic (exact) mass is 274 g/mol. The van der Waals surface area contributed by atoms with Gasteiger partial charge in [-0.15, -0.1) is 12.4 Å². The van der Waals surface area contributed by atoms with E-state index in [2.05, 4.69) is 0 Å². The zero-order chi connectivity index (χ0) is 11.5. The second-order valence-corrected chi connectivity index (χ2v) is 4.87. The Kier molecular flexibility index (Phi) is 5.29. The number of benzene rings is 1. The molecule has 0 saturated heterocycles. The highest BCUT2D eigenvalue weighted by molar-refractivity contribution is 6.30. The number of aliphatic carboxylic acids is 1. The van der Waals surface area contributed by atoms with Crippen LogP contribution in [0, 0.1) is 5.92 Å². The van der Waals surface area contributed by atoms with Gasteiger partial charge in [0.1, 0.15) is 0 Å². The number of hydrogen-bond donors (Lipinski definition) is 1. The van der Waals surface area contributed by atoms with E-state index in [0.717, 1.165) is 30.7 Å². The Balaban J connectivity index is 0.00000144. The van der Waals surface area contributed by atoms with Crippen molar-refractivity contribution in [2.24, 2.45) is 5.92 Å². The fraction of sp³-hybridized carbons (Fsp3) is 0.462. The summed E-state index contributed by atoms with van der Waals surface area (Å²) in [5.41, 5.74) is 1.29. The molecule has 1 fully saturated rings. The molecule has 94 valence electrons. The second kappa shape index (κ2) is 6.27. The number of carbonyl (C=O) groups is 1. The molecule has 0 heterocycles. The van der Waals surface area contributed by atoms with Crippen molar-refractivity contribution in [3.63, 3.8) is 0 Å². The minimum atomic E-state index is -0.644. The van der Waals surface area contributed by atoms with Crippen LogP contribution in [0.15, 0.2) is 24.3 Å². The summed E-state index contributed by atoms with van der Waals surface area (Å²) in [6, 6.07) is 7.91. The van der Waals surface area contributed by atoms with Crippen LogP contribution in [0.3, 0.4) is 0 Å². The molecular weight excluding hydrogens is 259 g/mol.